The SMILES string of the molecule is COc1cccc(NC(=O)N2CCC(Nc3ccncn3)CC2)c1OC. The number of hydrogen-bond acceptors (Lipinski definition) is 6. The zero-order chi connectivity index (χ0) is 18.4. The van der Waals surface area contributed by atoms with Gasteiger partial charge in [-0.1, -0.05) is 6.07 Å². The maximum absolute atomic E-state index is 12.6. The summed E-state index contributed by atoms with van der Waals surface area (Å²) in [5.74, 6) is 1.91. The molecule has 26 heavy (non-hydrogen) atoms. The first-order valence-corrected chi connectivity index (χ1v) is 8.50. The van der Waals surface area contributed by atoms with E-state index in [1.807, 2.05) is 12.1 Å². The molecule has 0 aliphatic carbocycles. The summed E-state index contributed by atoms with van der Waals surface area (Å²) >= 11 is 0. The van der Waals surface area contributed by atoms with Crippen LogP contribution in [0.4, 0.5) is 16.3 Å². The molecular formula is C18H23N5O3. The van der Waals surface area contributed by atoms with Crippen molar-refractivity contribution in [1.29, 1.82) is 0 Å². The number of piperidine rings is 1. The van der Waals surface area contributed by atoms with Gasteiger partial charge in [-0.3, -0.25) is 0 Å². The third kappa shape index (κ3) is 4.14. The Morgan fingerprint density at radius 1 is 1.19 bits per heavy atom. The summed E-state index contributed by atoms with van der Waals surface area (Å²) in [7, 11) is 3.12. The third-order valence-corrected chi connectivity index (χ3v) is 4.36. The Kier molecular flexibility index (Phi) is 5.73. The lowest BCUT2D eigenvalue weighted by Crippen LogP contribution is -2.44. The number of para-hydroxylation sites is 1. The van der Waals surface area contributed by atoms with Crippen LogP contribution in [0, 0.1) is 0 Å². The van der Waals surface area contributed by atoms with Crippen LogP contribution >= 0.6 is 0 Å². The number of urea groups is 1. The molecular weight excluding hydrogens is 334 g/mol. The van der Waals surface area contributed by atoms with E-state index in [0.717, 1.165) is 18.7 Å². The van der Waals surface area contributed by atoms with Crippen molar-refractivity contribution in [3.63, 3.8) is 0 Å². The number of carbonyl (C=O) groups excluding carboxylic acids is 1. The predicted octanol–water partition coefficient (Wildman–Crippen LogP) is 2.60. The Morgan fingerprint density at radius 2 is 2.00 bits per heavy atom. The highest BCUT2D eigenvalue weighted by atomic mass is 16.5. The number of nitrogens with one attached hydrogen (secondary N) is 2. The quantitative estimate of drug-likeness (QED) is 0.855. The predicted molar refractivity (Wildman–Crippen MR) is 98.8 cm³/mol. The Labute approximate surface area is 152 Å². The number of amides is 2. The topological polar surface area (TPSA) is 88.6 Å². The molecule has 138 valence electrons. The van der Waals surface area contributed by atoms with Gasteiger partial charge < -0.3 is 25.0 Å². The second-order valence-electron chi connectivity index (χ2n) is 5.97. The van der Waals surface area contributed by atoms with Crippen molar-refractivity contribution in [2.75, 3.05) is 37.9 Å². The lowest BCUT2D eigenvalue weighted by molar-refractivity contribution is 0.197. The molecule has 0 radical (unpaired) electrons. The number of methoxy groups -OCH3 is 2. The lowest BCUT2D eigenvalue weighted by Gasteiger charge is -2.32. The fourth-order valence-electron chi connectivity index (χ4n) is 2.99. The Hall–Kier alpha value is -3.03. The number of likely N-dealkylation sites (tertiary alicyclic amines) is 1. The average Bonchev–Trinajstić information content (AvgIpc) is 2.69. The molecule has 2 heterocycles. The lowest BCUT2D eigenvalue weighted by atomic mass is 10.1. The van der Waals surface area contributed by atoms with E-state index in [0.29, 0.717) is 36.3 Å². The largest absolute Gasteiger partial charge is 0.493 e. The molecule has 1 fully saturated rings. The number of hydrogen-bond donors (Lipinski definition) is 2. The summed E-state index contributed by atoms with van der Waals surface area (Å²) in [6.45, 7) is 1.34. The minimum Gasteiger partial charge on any atom is -0.493 e. The highest BCUT2D eigenvalue weighted by Gasteiger charge is 2.24. The highest BCUT2D eigenvalue weighted by molar-refractivity contribution is 5.91. The van der Waals surface area contributed by atoms with Crippen molar-refractivity contribution in [1.82, 2.24) is 14.9 Å². The third-order valence-electron chi connectivity index (χ3n) is 4.36. The minimum absolute atomic E-state index is 0.142. The first kappa shape index (κ1) is 17.8. The Balaban J connectivity index is 1.56. The summed E-state index contributed by atoms with van der Waals surface area (Å²) in [5, 5.41) is 6.29. The van der Waals surface area contributed by atoms with E-state index in [2.05, 4.69) is 20.6 Å². The summed E-state index contributed by atoms with van der Waals surface area (Å²) < 4.78 is 10.6. The zero-order valence-electron chi connectivity index (χ0n) is 14.9. The van der Waals surface area contributed by atoms with E-state index in [1.165, 1.54) is 6.33 Å². The van der Waals surface area contributed by atoms with Gasteiger partial charge in [-0.2, -0.15) is 0 Å². The van der Waals surface area contributed by atoms with Gasteiger partial charge in [-0.25, -0.2) is 14.8 Å². The van der Waals surface area contributed by atoms with Gasteiger partial charge in [0.15, 0.2) is 11.5 Å². The molecule has 0 bridgehead atoms. The Morgan fingerprint density at radius 3 is 2.65 bits per heavy atom. The van der Waals surface area contributed by atoms with Crippen LogP contribution in [-0.2, 0) is 0 Å². The van der Waals surface area contributed by atoms with Crippen LogP contribution in [0.15, 0.2) is 36.8 Å². The van der Waals surface area contributed by atoms with Gasteiger partial charge in [0, 0.05) is 25.3 Å². The first-order chi connectivity index (χ1) is 12.7. The van der Waals surface area contributed by atoms with E-state index >= 15 is 0 Å². The molecule has 0 unspecified atom stereocenters. The standard InChI is InChI=1S/C18H23N5O3/c1-25-15-5-3-4-14(17(15)26-2)22-18(24)23-10-7-13(8-11-23)21-16-6-9-19-12-20-16/h3-6,9,12-13H,7-8,10-11H2,1-2H3,(H,22,24)(H,19,20,21). The van der Waals surface area contributed by atoms with Crippen molar-refractivity contribution in [3.05, 3.63) is 36.8 Å². The number of ether oxygens (including phenoxy) is 2. The van der Waals surface area contributed by atoms with Crippen LogP contribution in [0.5, 0.6) is 11.5 Å². The van der Waals surface area contributed by atoms with Gasteiger partial charge >= 0.3 is 6.03 Å². The maximum atomic E-state index is 12.6. The molecule has 1 aliphatic rings. The second kappa shape index (κ2) is 8.37. The van der Waals surface area contributed by atoms with E-state index in [-0.39, 0.29) is 6.03 Å². The molecule has 1 aromatic carbocycles. The molecule has 1 aromatic heterocycles. The van der Waals surface area contributed by atoms with Crippen LogP contribution in [0.25, 0.3) is 0 Å². The molecule has 0 saturated carbocycles. The number of nitrogens with zero attached hydrogens (tertiary/aromatic N) is 3. The van der Waals surface area contributed by atoms with Crippen molar-refractivity contribution in [2.45, 2.75) is 18.9 Å². The van der Waals surface area contributed by atoms with Crippen LogP contribution in [0.3, 0.4) is 0 Å². The first-order valence-electron chi connectivity index (χ1n) is 8.50. The molecule has 8 nitrogen and oxygen atoms in total. The molecule has 0 spiro atoms. The molecule has 3 rings (SSSR count). The number of aromatic nitrogens is 2. The average molecular weight is 357 g/mol. The van der Waals surface area contributed by atoms with Crippen molar-refractivity contribution < 1.29 is 14.3 Å². The monoisotopic (exact) mass is 357 g/mol. The van der Waals surface area contributed by atoms with Gasteiger partial charge in [0.25, 0.3) is 0 Å². The maximum Gasteiger partial charge on any atom is 0.321 e. The summed E-state index contributed by atoms with van der Waals surface area (Å²) in [5.41, 5.74) is 0.595. The van der Waals surface area contributed by atoms with E-state index in [9.17, 15) is 4.79 Å². The smallest absolute Gasteiger partial charge is 0.321 e. The van der Waals surface area contributed by atoms with E-state index < -0.39 is 0 Å². The van der Waals surface area contributed by atoms with Crippen molar-refractivity contribution in [2.24, 2.45) is 0 Å². The highest BCUT2D eigenvalue weighted by Crippen LogP contribution is 2.34. The van der Waals surface area contributed by atoms with Crippen molar-refractivity contribution >= 4 is 17.5 Å². The molecule has 2 amide bonds. The summed E-state index contributed by atoms with van der Waals surface area (Å²) in [6, 6.07) is 7.39. The fourth-order valence-corrected chi connectivity index (χ4v) is 2.99. The molecule has 1 saturated heterocycles. The Bertz CT molecular complexity index is 733. The molecule has 0 atom stereocenters. The number of rotatable bonds is 5. The fraction of sp³-hybridized carbons (Fsp3) is 0.389. The summed E-state index contributed by atoms with van der Waals surface area (Å²) in [6.07, 6.45) is 4.94. The van der Waals surface area contributed by atoms with Gasteiger partial charge in [0.1, 0.15) is 12.1 Å². The zero-order valence-corrected chi connectivity index (χ0v) is 14.9. The molecule has 2 N–H and O–H groups in total. The van der Waals surface area contributed by atoms with E-state index in [1.54, 1.807) is 37.4 Å². The van der Waals surface area contributed by atoms with Gasteiger partial charge in [0.05, 0.1) is 19.9 Å². The van der Waals surface area contributed by atoms with Crippen LogP contribution in [0.1, 0.15) is 12.8 Å². The van der Waals surface area contributed by atoms with Gasteiger partial charge in [-0.15, -0.1) is 0 Å². The summed E-state index contributed by atoms with van der Waals surface area (Å²) in [4.78, 5) is 22.5. The van der Waals surface area contributed by atoms with Gasteiger partial charge in [-0.05, 0) is 31.0 Å². The van der Waals surface area contributed by atoms with Crippen LogP contribution < -0.4 is 20.1 Å². The number of benzene rings is 1. The van der Waals surface area contributed by atoms with Gasteiger partial charge in [0.2, 0.25) is 0 Å². The number of carbonyl (C=O) groups is 1. The normalized spacial score (nSPS) is 14.6. The molecule has 2 aromatic rings. The molecule has 8 heteroatoms. The van der Waals surface area contributed by atoms with Crippen LogP contribution in [-0.4, -0.2) is 54.2 Å². The minimum atomic E-state index is -0.142. The van der Waals surface area contributed by atoms with Crippen LogP contribution in [0.2, 0.25) is 0 Å². The molecule has 1 aliphatic heterocycles. The van der Waals surface area contributed by atoms with E-state index in [4.69, 9.17) is 9.47 Å². The number of anilines is 2. The van der Waals surface area contributed by atoms with Crippen molar-refractivity contribution in [3.8, 4) is 11.5 Å². The second-order valence-corrected chi connectivity index (χ2v) is 5.97.